The Bertz CT molecular complexity index is 667. The third-order valence-corrected chi connectivity index (χ3v) is 3.15. The maximum atomic E-state index is 10.6. The van der Waals surface area contributed by atoms with Gasteiger partial charge in [0, 0.05) is 26.6 Å². The number of hydrogen-bond acceptors (Lipinski definition) is 7. The molecular formula is C15H20N4O3. The summed E-state index contributed by atoms with van der Waals surface area (Å²) >= 11 is 0. The zero-order chi connectivity index (χ0) is 16.3. The van der Waals surface area contributed by atoms with E-state index < -0.39 is 6.04 Å². The highest BCUT2D eigenvalue weighted by molar-refractivity contribution is 5.71. The maximum Gasteiger partial charge on any atom is 0.248 e. The largest absolute Gasteiger partial charge is 0.489 e. The number of ether oxygens (including phenoxy) is 1. The van der Waals surface area contributed by atoms with Crippen LogP contribution in [0.25, 0.3) is 11.5 Å². The van der Waals surface area contributed by atoms with Crippen LogP contribution in [-0.2, 0) is 4.79 Å². The van der Waals surface area contributed by atoms with Gasteiger partial charge in [-0.05, 0) is 24.6 Å². The Balaban J connectivity index is 2.39. The minimum atomic E-state index is -0.645. The van der Waals surface area contributed by atoms with Crippen LogP contribution in [0.1, 0.15) is 11.5 Å². The second-order valence-corrected chi connectivity index (χ2v) is 5.27. The molecule has 0 saturated heterocycles. The first kappa shape index (κ1) is 16.0. The summed E-state index contributed by atoms with van der Waals surface area (Å²) in [5.41, 5.74) is 8.19. The number of nitrogens with zero attached hydrogens (tertiary/aromatic N) is 3. The number of aryl methyl sites for hydroxylation is 2. The highest BCUT2D eigenvalue weighted by atomic mass is 16.5. The van der Waals surface area contributed by atoms with Gasteiger partial charge in [-0.15, -0.1) is 10.2 Å². The maximum absolute atomic E-state index is 10.6. The van der Waals surface area contributed by atoms with E-state index in [1.54, 1.807) is 6.92 Å². The molecule has 0 unspecified atom stereocenters. The minimum absolute atomic E-state index is 0.128. The fourth-order valence-electron chi connectivity index (χ4n) is 2.00. The molecule has 0 fully saturated rings. The Kier molecular flexibility index (Phi) is 4.77. The molecule has 22 heavy (non-hydrogen) atoms. The highest BCUT2D eigenvalue weighted by Gasteiger charge is 2.16. The molecular weight excluding hydrogens is 284 g/mol. The molecule has 1 aromatic carbocycles. The Labute approximate surface area is 129 Å². The number of carbonyl (C=O) groups is 1. The summed E-state index contributed by atoms with van der Waals surface area (Å²) in [6, 6.07) is 3.15. The van der Waals surface area contributed by atoms with Gasteiger partial charge in [0.25, 0.3) is 0 Å². The molecule has 0 saturated carbocycles. The summed E-state index contributed by atoms with van der Waals surface area (Å²) in [4.78, 5) is 12.5. The summed E-state index contributed by atoms with van der Waals surface area (Å²) in [5, 5.41) is 7.91. The molecule has 0 spiro atoms. The van der Waals surface area contributed by atoms with Crippen LogP contribution < -0.4 is 15.4 Å². The Morgan fingerprint density at radius 2 is 2.09 bits per heavy atom. The lowest BCUT2D eigenvalue weighted by atomic mass is 10.1. The standard InChI is InChI=1S/C15H20N4O3/c1-9-5-14(21-8-11(16)7-20)13(19(3)4)6-12(9)15-18-17-10(2)22-15/h5-7,11H,8,16H2,1-4H3/t11-/m1/s1. The van der Waals surface area contributed by atoms with Crippen molar-refractivity contribution >= 4 is 12.0 Å². The zero-order valence-corrected chi connectivity index (χ0v) is 13.2. The Morgan fingerprint density at radius 3 is 2.64 bits per heavy atom. The van der Waals surface area contributed by atoms with Crippen molar-refractivity contribution in [1.82, 2.24) is 10.2 Å². The summed E-state index contributed by atoms with van der Waals surface area (Å²) in [5.74, 6) is 1.63. The molecule has 0 aliphatic carbocycles. The lowest BCUT2D eigenvalue weighted by Crippen LogP contribution is -2.29. The van der Waals surface area contributed by atoms with E-state index in [0.29, 0.717) is 23.8 Å². The fraction of sp³-hybridized carbons (Fsp3) is 0.400. The molecule has 118 valence electrons. The van der Waals surface area contributed by atoms with E-state index in [1.807, 2.05) is 38.1 Å². The molecule has 0 radical (unpaired) electrons. The molecule has 1 atom stereocenters. The Hall–Kier alpha value is -2.41. The van der Waals surface area contributed by atoms with Crippen LogP contribution in [0, 0.1) is 13.8 Å². The molecule has 1 aromatic heterocycles. The van der Waals surface area contributed by atoms with Crippen LogP contribution in [0.2, 0.25) is 0 Å². The van der Waals surface area contributed by atoms with Gasteiger partial charge < -0.3 is 24.6 Å². The van der Waals surface area contributed by atoms with Crippen LogP contribution in [0.5, 0.6) is 5.75 Å². The van der Waals surface area contributed by atoms with E-state index in [0.717, 1.165) is 16.8 Å². The minimum Gasteiger partial charge on any atom is -0.489 e. The quantitative estimate of drug-likeness (QED) is 0.804. The molecule has 1 heterocycles. The van der Waals surface area contributed by atoms with Gasteiger partial charge in [0.15, 0.2) is 0 Å². The number of hydrogen-bond donors (Lipinski definition) is 1. The first-order valence-corrected chi connectivity index (χ1v) is 6.88. The average Bonchev–Trinajstić information content (AvgIpc) is 2.90. The van der Waals surface area contributed by atoms with Crippen molar-refractivity contribution in [2.24, 2.45) is 5.73 Å². The molecule has 0 aliphatic heterocycles. The van der Waals surface area contributed by atoms with Crippen molar-refractivity contribution in [2.45, 2.75) is 19.9 Å². The molecule has 0 bridgehead atoms. The summed E-state index contributed by atoms with van der Waals surface area (Å²) in [7, 11) is 3.81. The zero-order valence-electron chi connectivity index (χ0n) is 13.2. The highest BCUT2D eigenvalue weighted by Crippen LogP contribution is 2.35. The number of aromatic nitrogens is 2. The Morgan fingerprint density at radius 1 is 1.36 bits per heavy atom. The molecule has 2 aromatic rings. The van der Waals surface area contributed by atoms with Crippen LogP contribution in [0.15, 0.2) is 16.5 Å². The monoisotopic (exact) mass is 304 g/mol. The van der Waals surface area contributed by atoms with E-state index >= 15 is 0 Å². The number of nitrogens with two attached hydrogens (primary N) is 1. The van der Waals surface area contributed by atoms with Crippen molar-refractivity contribution < 1.29 is 13.9 Å². The van der Waals surface area contributed by atoms with Gasteiger partial charge in [0.05, 0.1) is 11.7 Å². The fourth-order valence-corrected chi connectivity index (χ4v) is 2.00. The topological polar surface area (TPSA) is 94.5 Å². The van der Waals surface area contributed by atoms with Gasteiger partial charge in [-0.3, -0.25) is 0 Å². The molecule has 0 amide bonds. The first-order chi connectivity index (χ1) is 10.4. The van der Waals surface area contributed by atoms with E-state index in [-0.39, 0.29) is 6.61 Å². The van der Waals surface area contributed by atoms with Crippen molar-refractivity contribution in [3.63, 3.8) is 0 Å². The van der Waals surface area contributed by atoms with Crippen LogP contribution >= 0.6 is 0 Å². The van der Waals surface area contributed by atoms with Crippen LogP contribution in [0.4, 0.5) is 5.69 Å². The van der Waals surface area contributed by atoms with Gasteiger partial charge in [-0.25, -0.2) is 0 Å². The van der Waals surface area contributed by atoms with Crippen molar-refractivity contribution in [3.8, 4) is 17.2 Å². The molecule has 0 aliphatic rings. The smallest absolute Gasteiger partial charge is 0.248 e. The number of anilines is 1. The molecule has 7 heteroatoms. The normalized spacial score (nSPS) is 12.0. The van der Waals surface area contributed by atoms with Crippen molar-refractivity contribution in [2.75, 3.05) is 25.6 Å². The van der Waals surface area contributed by atoms with Gasteiger partial charge >= 0.3 is 0 Å². The van der Waals surface area contributed by atoms with E-state index in [9.17, 15) is 4.79 Å². The summed E-state index contributed by atoms with van der Waals surface area (Å²) < 4.78 is 11.2. The third kappa shape index (κ3) is 3.43. The van der Waals surface area contributed by atoms with Gasteiger partial charge in [0.1, 0.15) is 18.6 Å². The van der Waals surface area contributed by atoms with Crippen LogP contribution in [0.3, 0.4) is 0 Å². The SMILES string of the molecule is Cc1nnc(-c2cc(N(C)C)c(OC[C@H](N)C=O)cc2C)o1. The second-order valence-electron chi connectivity index (χ2n) is 5.27. The van der Waals surface area contributed by atoms with E-state index in [1.165, 1.54) is 0 Å². The lowest BCUT2D eigenvalue weighted by molar-refractivity contribution is -0.109. The van der Waals surface area contributed by atoms with Gasteiger partial charge in [-0.2, -0.15) is 0 Å². The predicted octanol–water partition coefficient (Wildman–Crippen LogP) is 1.32. The van der Waals surface area contributed by atoms with Crippen LogP contribution in [-0.4, -0.2) is 43.2 Å². The van der Waals surface area contributed by atoms with Gasteiger partial charge in [0.2, 0.25) is 11.8 Å². The number of carbonyl (C=O) groups excluding carboxylic acids is 1. The van der Waals surface area contributed by atoms with Gasteiger partial charge in [-0.1, -0.05) is 0 Å². The summed E-state index contributed by atoms with van der Waals surface area (Å²) in [6.07, 6.45) is 0.664. The van der Waals surface area contributed by atoms with Crippen molar-refractivity contribution in [1.29, 1.82) is 0 Å². The number of rotatable bonds is 6. The number of aldehydes is 1. The third-order valence-electron chi connectivity index (χ3n) is 3.15. The lowest BCUT2D eigenvalue weighted by Gasteiger charge is -2.20. The average molecular weight is 304 g/mol. The second kappa shape index (κ2) is 6.57. The molecule has 2 N–H and O–H groups in total. The molecule has 7 nitrogen and oxygen atoms in total. The van der Waals surface area contributed by atoms with Crippen molar-refractivity contribution in [3.05, 3.63) is 23.6 Å². The van der Waals surface area contributed by atoms with E-state index in [2.05, 4.69) is 10.2 Å². The summed E-state index contributed by atoms with van der Waals surface area (Å²) in [6.45, 7) is 3.81. The number of benzene rings is 1. The molecule has 2 rings (SSSR count). The van der Waals surface area contributed by atoms with E-state index in [4.69, 9.17) is 14.9 Å². The predicted molar refractivity (Wildman–Crippen MR) is 83.1 cm³/mol. The first-order valence-electron chi connectivity index (χ1n) is 6.88.